The molecule has 98 valence electrons. The summed E-state index contributed by atoms with van der Waals surface area (Å²) < 4.78 is 0. The molecule has 0 aromatic carbocycles. The fraction of sp³-hybridized carbons (Fsp3) is 0.545. The molecule has 2 rings (SSSR count). The van der Waals surface area contributed by atoms with Gasteiger partial charge in [-0.25, -0.2) is 4.79 Å². The third kappa shape index (κ3) is 2.61. The molecule has 1 aromatic rings. The lowest BCUT2D eigenvalue weighted by molar-refractivity contribution is -0.148. The van der Waals surface area contributed by atoms with Gasteiger partial charge in [0.05, 0.1) is 17.3 Å². The lowest BCUT2D eigenvalue weighted by Crippen LogP contribution is -2.42. The predicted molar refractivity (Wildman–Crippen MR) is 64.1 cm³/mol. The lowest BCUT2D eigenvalue weighted by atomic mass is 9.86. The summed E-state index contributed by atoms with van der Waals surface area (Å²) >= 11 is 0. The molecule has 7 heteroatoms. The quantitative estimate of drug-likeness (QED) is 0.645. The van der Waals surface area contributed by atoms with Crippen LogP contribution in [0, 0.1) is 5.41 Å². The van der Waals surface area contributed by atoms with Crippen LogP contribution in [-0.2, 0) is 4.79 Å². The zero-order chi connectivity index (χ0) is 13.0. The minimum atomic E-state index is -0.830. The summed E-state index contributed by atoms with van der Waals surface area (Å²) in [6, 6.07) is -0.413. The molecule has 7 nitrogen and oxygen atoms in total. The first kappa shape index (κ1) is 12.4. The van der Waals surface area contributed by atoms with Crippen LogP contribution >= 0.6 is 0 Å². The number of hydrogen-bond donors (Lipinski definition) is 4. The Bertz CT molecular complexity index is 424. The van der Waals surface area contributed by atoms with Crippen LogP contribution in [0.15, 0.2) is 12.4 Å². The molecule has 18 heavy (non-hydrogen) atoms. The molecule has 0 atom stereocenters. The minimum Gasteiger partial charge on any atom is -0.481 e. The van der Waals surface area contributed by atoms with Crippen LogP contribution in [0.4, 0.5) is 10.5 Å². The number of urea groups is 1. The van der Waals surface area contributed by atoms with E-state index in [4.69, 9.17) is 0 Å². The van der Waals surface area contributed by atoms with E-state index in [2.05, 4.69) is 20.8 Å². The van der Waals surface area contributed by atoms with Crippen molar-refractivity contribution < 1.29 is 14.7 Å². The van der Waals surface area contributed by atoms with Crippen molar-refractivity contribution in [2.45, 2.75) is 25.7 Å². The standard InChI is InChI=1S/C11H16N4O3/c16-9(17)11(3-1-2-4-11)7-12-10(18)15-8-5-13-14-6-8/h5-6H,1-4,7H2,(H,13,14)(H,16,17)(H2,12,15,18). The summed E-state index contributed by atoms with van der Waals surface area (Å²) in [7, 11) is 0. The van der Waals surface area contributed by atoms with Crippen LogP contribution in [-0.4, -0.2) is 33.8 Å². The van der Waals surface area contributed by atoms with E-state index in [1.54, 1.807) is 6.20 Å². The van der Waals surface area contributed by atoms with Gasteiger partial charge in [0.25, 0.3) is 0 Å². The second kappa shape index (κ2) is 5.07. The van der Waals surface area contributed by atoms with Gasteiger partial charge in [-0.2, -0.15) is 5.10 Å². The van der Waals surface area contributed by atoms with E-state index in [0.717, 1.165) is 12.8 Å². The smallest absolute Gasteiger partial charge is 0.319 e. The van der Waals surface area contributed by atoms with E-state index in [-0.39, 0.29) is 6.54 Å². The Hall–Kier alpha value is -2.05. The predicted octanol–water partition coefficient (Wildman–Crippen LogP) is 1.18. The van der Waals surface area contributed by atoms with Gasteiger partial charge in [0, 0.05) is 12.7 Å². The topological polar surface area (TPSA) is 107 Å². The number of nitrogens with one attached hydrogen (secondary N) is 3. The molecule has 1 aliphatic rings. The van der Waals surface area contributed by atoms with Gasteiger partial charge in [-0.15, -0.1) is 0 Å². The Kier molecular flexibility index (Phi) is 3.50. The summed E-state index contributed by atoms with van der Waals surface area (Å²) in [5.41, 5.74) is -0.253. The van der Waals surface area contributed by atoms with Gasteiger partial charge in [-0.05, 0) is 12.8 Å². The van der Waals surface area contributed by atoms with E-state index in [1.165, 1.54) is 6.20 Å². The molecule has 1 fully saturated rings. The van der Waals surface area contributed by atoms with Crippen LogP contribution < -0.4 is 10.6 Å². The number of amides is 2. The third-order valence-electron chi connectivity index (χ3n) is 3.36. The number of carbonyl (C=O) groups is 2. The maximum atomic E-state index is 11.6. The van der Waals surface area contributed by atoms with Crippen LogP contribution in [0.25, 0.3) is 0 Å². The molecule has 0 radical (unpaired) electrons. The second-order valence-corrected chi connectivity index (χ2v) is 4.59. The second-order valence-electron chi connectivity index (χ2n) is 4.59. The molecule has 1 aromatic heterocycles. The third-order valence-corrected chi connectivity index (χ3v) is 3.36. The van der Waals surface area contributed by atoms with E-state index in [0.29, 0.717) is 18.5 Å². The van der Waals surface area contributed by atoms with Gasteiger partial charge in [0.2, 0.25) is 0 Å². The molecule has 1 heterocycles. The number of aliphatic carboxylic acids is 1. The summed E-state index contributed by atoms with van der Waals surface area (Å²) in [5.74, 6) is -0.830. The molecule has 2 amide bonds. The van der Waals surface area contributed by atoms with Crippen molar-refractivity contribution in [3.63, 3.8) is 0 Å². The highest BCUT2D eigenvalue weighted by molar-refractivity contribution is 5.89. The van der Waals surface area contributed by atoms with Crippen molar-refractivity contribution in [1.82, 2.24) is 15.5 Å². The Morgan fingerprint density at radius 3 is 2.72 bits per heavy atom. The molecule has 0 aliphatic heterocycles. The average Bonchev–Trinajstić information content (AvgIpc) is 2.97. The fourth-order valence-electron chi connectivity index (χ4n) is 2.26. The number of nitrogens with zero attached hydrogens (tertiary/aromatic N) is 1. The molecule has 0 spiro atoms. The number of rotatable bonds is 4. The molecule has 1 aliphatic carbocycles. The van der Waals surface area contributed by atoms with Gasteiger partial charge >= 0.3 is 12.0 Å². The first-order chi connectivity index (χ1) is 8.62. The highest BCUT2D eigenvalue weighted by atomic mass is 16.4. The van der Waals surface area contributed by atoms with Gasteiger partial charge in [0.1, 0.15) is 0 Å². The summed E-state index contributed by atoms with van der Waals surface area (Å²) in [6.07, 6.45) is 6.06. The van der Waals surface area contributed by atoms with Crippen molar-refractivity contribution in [2.75, 3.05) is 11.9 Å². The molecular formula is C11H16N4O3. The lowest BCUT2D eigenvalue weighted by Gasteiger charge is -2.23. The van der Waals surface area contributed by atoms with Gasteiger partial charge in [-0.3, -0.25) is 9.89 Å². The van der Waals surface area contributed by atoms with E-state index in [1.807, 2.05) is 0 Å². The number of carbonyl (C=O) groups excluding carboxylic acids is 1. The molecule has 1 saturated carbocycles. The normalized spacial score (nSPS) is 17.3. The molecule has 4 N–H and O–H groups in total. The van der Waals surface area contributed by atoms with Crippen molar-refractivity contribution >= 4 is 17.7 Å². The molecule has 0 unspecified atom stereocenters. The maximum Gasteiger partial charge on any atom is 0.319 e. The summed E-state index contributed by atoms with van der Waals surface area (Å²) in [5, 5.41) is 20.7. The number of hydrogen-bond acceptors (Lipinski definition) is 3. The Labute approximate surface area is 104 Å². The van der Waals surface area contributed by atoms with Gasteiger partial charge < -0.3 is 15.7 Å². The fourth-order valence-corrected chi connectivity index (χ4v) is 2.26. The van der Waals surface area contributed by atoms with Crippen LogP contribution in [0.3, 0.4) is 0 Å². The number of carboxylic acid groups (broad SMARTS) is 1. The van der Waals surface area contributed by atoms with E-state index < -0.39 is 17.4 Å². The van der Waals surface area contributed by atoms with Gasteiger partial charge in [0.15, 0.2) is 0 Å². The summed E-state index contributed by atoms with van der Waals surface area (Å²) in [4.78, 5) is 22.8. The van der Waals surface area contributed by atoms with Crippen LogP contribution in [0.5, 0.6) is 0 Å². The number of aromatic nitrogens is 2. The maximum absolute atomic E-state index is 11.6. The van der Waals surface area contributed by atoms with Crippen molar-refractivity contribution in [3.8, 4) is 0 Å². The van der Waals surface area contributed by atoms with E-state index in [9.17, 15) is 14.7 Å². The summed E-state index contributed by atoms with van der Waals surface area (Å²) in [6.45, 7) is 0.159. The number of anilines is 1. The van der Waals surface area contributed by atoms with Crippen LogP contribution in [0.1, 0.15) is 25.7 Å². The van der Waals surface area contributed by atoms with Crippen LogP contribution in [0.2, 0.25) is 0 Å². The van der Waals surface area contributed by atoms with Crippen molar-refractivity contribution in [2.24, 2.45) is 5.41 Å². The average molecular weight is 252 g/mol. The van der Waals surface area contributed by atoms with Crippen molar-refractivity contribution in [3.05, 3.63) is 12.4 Å². The minimum absolute atomic E-state index is 0.159. The number of carboxylic acids is 1. The molecule has 0 bridgehead atoms. The Balaban J connectivity index is 1.86. The number of H-pyrrole nitrogens is 1. The monoisotopic (exact) mass is 252 g/mol. The number of aromatic amines is 1. The molecule has 0 saturated heterocycles. The Morgan fingerprint density at radius 2 is 2.17 bits per heavy atom. The largest absolute Gasteiger partial charge is 0.481 e. The Morgan fingerprint density at radius 1 is 1.44 bits per heavy atom. The zero-order valence-electron chi connectivity index (χ0n) is 9.90. The van der Waals surface area contributed by atoms with Gasteiger partial charge in [-0.1, -0.05) is 12.8 Å². The van der Waals surface area contributed by atoms with Crippen molar-refractivity contribution in [1.29, 1.82) is 0 Å². The highest BCUT2D eigenvalue weighted by Crippen LogP contribution is 2.37. The first-order valence-corrected chi connectivity index (χ1v) is 5.89. The molecular weight excluding hydrogens is 236 g/mol. The first-order valence-electron chi connectivity index (χ1n) is 5.89. The zero-order valence-corrected chi connectivity index (χ0v) is 9.90. The highest BCUT2D eigenvalue weighted by Gasteiger charge is 2.41. The SMILES string of the molecule is O=C(NCC1(C(=O)O)CCCC1)Nc1cn[nH]c1. The van der Waals surface area contributed by atoms with E-state index >= 15 is 0 Å².